The molecule has 0 unspecified atom stereocenters. The number of methoxy groups -OCH3 is 1. The van der Waals surface area contributed by atoms with Crippen LogP contribution in [-0.4, -0.2) is 32.4 Å². The molecule has 4 N–H and O–H groups in total. The van der Waals surface area contributed by atoms with Gasteiger partial charge in [0.1, 0.15) is 17.1 Å². The average Bonchev–Trinajstić information content (AvgIpc) is 2.99. The third-order valence-corrected chi connectivity index (χ3v) is 5.15. The minimum atomic E-state index is -0.899. The van der Waals surface area contributed by atoms with Gasteiger partial charge in [0.15, 0.2) is 0 Å². The molecule has 0 radical (unpaired) electrons. The Balaban J connectivity index is 2.07. The fourth-order valence-electron chi connectivity index (χ4n) is 3.31. The molecule has 128 valence electrons. The zero-order chi connectivity index (χ0) is 17.3. The molecule has 0 bridgehead atoms. The van der Waals surface area contributed by atoms with Gasteiger partial charge in [0.2, 0.25) is 0 Å². The number of anilines is 2. The lowest BCUT2D eigenvalue weighted by Crippen LogP contribution is -2.45. The van der Waals surface area contributed by atoms with Gasteiger partial charge in [-0.2, -0.15) is 0 Å². The summed E-state index contributed by atoms with van der Waals surface area (Å²) in [7, 11) is 1.36. The van der Waals surface area contributed by atoms with E-state index in [1.165, 1.54) is 25.5 Å². The summed E-state index contributed by atoms with van der Waals surface area (Å²) in [6.07, 6.45) is 2.24. The van der Waals surface area contributed by atoms with Crippen molar-refractivity contribution in [1.29, 1.82) is 5.41 Å². The van der Waals surface area contributed by atoms with Gasteiger partial charge in [-0.3, -0.25) is 4.79 Å². The van der Waals surface area contributed by atoms with E-state index in [1.54, 1.807) is 0 Å². The van der Waals surface area contributed by atoms with Crippen molar-refractivity contribution in [3.05, 3.63) is 33.8 Å². The number of carbonyl (C=O) groups excluding carboxylic acids is 1. The van der Waals surface area contributed by atoms with Gasteiger partial charge < -0.3 is 26.1 Å². The van der Waals surface area contributed by atoms with E-state index in [-0.39, 0.29) is 11.8 Å². The highest BCUT2D eigenvalue weighted by Gasteiger charge is 2.45. The number of halogens is 2. The van der Waals surface area contributed by atoms with Crippen molar-refractivity contribution in [2.75, 3.05) is 30.8 Å². The lowest BCUT2D eigenvalue weighted by atomic mass is 9.72. The molecule has 1 aromatic rings. The summed E-state index contributed by atoms with van der Waals surface area (Å²) in [6.45, 7) is 1.32. The van der Waals surface area contributed by atoms with Crippen LogP contribution >= 0.6 is 15.9 Å². The van der Waals surface area contributed by atoms with Crippen LogP contribution < -0.4 is 16.0 Å². The van der Waals surface area contributed by atoms with Crippen LogP contribution in [0.25, 0.3) is 0 Å². The predicted octanol–water partition coefficient (Wildman–Crippen LogP) is 2.83. The molecule has 0 atom stereocenters. The van der Waals surface area contributed by atoms with Gasteiger partial charge in [0.25, 0.3) is 0 Å². The minimum absolute atomic E-state index is 0.361. The third-order valence-electron chi connectivity index (χ3n) is 4.53. The number of ether oxygens (including phenoxy) is 1. The lowest BCUT2D eigenvalue weighted by Gasteiger charge is -2.36. The lowest BCUT2D eigenvalue weighted by molar-refractivity contribution is -0.151. The van der Waals surface area contributed by atoms with Crippen LogP contribution in [0.15, 0.2) is 28.0 Å². The number of nitrogens with one attached hydrogen (secondary N) is 4. The van der Waals surface area contributed by atoms with E-state index < -0.39 is 5.41 Å². The summed E-state index contributed by atoms with van der Waals surface area (Å²) in [5.41, 5.74) is 0.855. The van der Waals surface area contributed by atoms with Crippen LogP contribution in [0.3, 0.4) is 0 Å². The van der Waals surface area contributed by atoms with Crippen LogP contribution in [0.2, 0.25) is 0 Å². The molecule has 8 heteroatoms. The van der Waals surface area contributed by atoms with Crippen molar-refractivity contribution < 1.29 is 13.9 Å². The van der Waals surface area contributed by atoms with E-state index in [2.05, 4.69) is 31.9 Å². The van der Waals surface area contributed by atoms with Gasteiger partial charge in [-0.15, -0.1) is 0 Å². The summed E-state index contributed by atoms with van der Waals surface area (Å²) in [4.78, 5) is 12.5. The van der Waals surface area contributed by atoms with E-state index in [0.29, 0.717) is 53.2 Å². The summed E-state index contributed by atoms with van der Waals surface area (Å²) in [5.74, 6) is -0.226. The molecular formula is C16H18BrFN4O2. The molecule has 1 aromatic carbocycles. The van der Waals surface area contributed by atoms with Crippen LogP contribution in [0.1, 0.15) is 12.8 Å². The monoisotopic (exact) mass is 396 g/mol. The molecule has 0 saturated carbocycles. The van der Waals surface area contributed by atoms with E-state index in [1.807, 2.05) is 0 Å². The van der Waals surface area contributed by atoms with E-state index >= 15 is 0 Å². The average molecular weight is 397 g/mol. The molecule has 2 aliphatic rings. The van der Waals surface area contributed by atoms with Gasteiger partial charge in [0.05, 0.1) is 18.5 Å². The Morgan fingerprint density at radius 2 is 2.08 bits per heavy atom. The highest BCUT2D eigenvalue weighted by Crippen LogP contribution is 2.44. The number of carbonyl (C=O) groups is 1. The smallest absolute Gasteiger partial charge is 0.316 e. The maximum Gasteiger partial charge on any atom is 0.316 e. The fraction of sp³-hybridized carbons (Fsp3) is 0.375. The number of hydrogen-bond acceptors (Lipinski definition) is 6. The van der Waals surface area contributed by atoms with Gasteiger partial charge >= 0.3 is 5.97 Å². The Hall–Kier alpha value is -1.93. The topological polar surface area (TPSA) is 86.2 Å². The molecule has 1 saturated heterocycles. The highest BCUT2D eigenvalue weighted by atomic mass is 79.9. The Morgan fingerprint density at radius 1 is 1.38 bits per heavy atom. The Labute approximate surface area is 147 Å². The fourth-order valence-corrected chi connectivity index (χ4v) is 3.84. The van der Waals surface area contributed by atoms with E-state index in [0.717, 1.165) is 0 Å². The van der Waals surface area contributed by atoms with Crippen molar-refractivity contribution >= 4 is 39.5 Å². The highest BCUT2D eigenvalue weighted by molar-refractivity contribution is 9.10. The first-order valence-corrected chi connectivity index (χ1v) is 8.38. The SMILES string of the molecule is COC(=O)C1(/C(C=N)=C2\Nc3cc(F)cc(Br)c3N2)CCNCC1. The first-order valence-electron chi connectivity index (χ1n) is 7.59. The van der Waals surface area contributed by atoms with Crippen molar-refractivity contribution in [3.63, 3.8) is 0 Å². The first-order chi connectivity index (χ1) is 11.5. The third kappa shape index (κ3) is 2.69. The zero-order valence-corrected chi connectivity index (χ0v) is 14.7. The molecule has 0 aromatic heterocycles. The van der Waals surface area contributed by atoms with Crippen molar-refractivity contribution in [1.82, 2.24) is 5.32 Å². The number of esters is 1. The number of piperidine rings is 1. The van der Waals surface area contributed by atoms with Crippen molar-refractivity contribution in [3.8, 4) is 0 Å². The molecule has 6 nitrogen and oxygen atoms in total. The van der Waals surface area contributed by atoms with Crippen LogP contribution in [0, 0.1) is 16.6 Å². The molecule has 3 rings (SSSR count). The molecule has 2 heterocycles. The maximum atomic E-state index is 13.6. The predicted molar refractivity (Wildman–Crippen MR) is 93.7 cm³/mol. The summed E-state index contributed by atoms with van der Waals surface area (Å²) in [6, 6.07) is 2.73. The molecule has 0 aliphatic carbocycles. The quantitative estimate of drug-likeness (QED) is 0.466. The molecular weight excluding hydrogens is 379 g/mol. The van der Waals surface area contributed by atoms with Crippen molar-refractivity contribution in [2.45, 2.75) is 12.8 Å². The second kappa shape index (κ2) is 6.52. The van der Waals surface area contributed by atoms with Gasteiger partial charge in [0, 0.05) is 16.3 Å². The summed E-state index contributed by atoms with van der Waals surface area (Å²) < 4.78 is 19.2. The van der Waals surface area contributed by atoms with Gasteiger partial charge in [-0.25, -0.2) is 4.39 Å². The van der Waals surface area contributed by atoms with Crippen LogP contribution in [0.4, 0.5) is 15.8 Å². The minimum Gasteiger partial charge on any atom is -0.468 e. The second-order valence-electron chi connectivity index (χ2n) is 5.82. The normalized spacial score (nSPS) is 20.5. The Bertz CT molecular complexity index is 729. The summed E-state index contributed by atoms with van der Waals surface area (Å²) in [5, 5.41) is 17.3. The van der Waals surface area contributed by atoms with Crippen molar-refractivity contribution in [2.24, 2.45) is 5.41 Å². The van der Waals surface area contributed by atoms with E-state index in [4.69, 9.17) is 10.1 Å². The molecule has 1 fully saturated rings. The zero-order valence-electron chi connectivity index (χ0n) is 13.1. The van der Waals surface area contributed by atoms with Gasteiger partial charge in [-0.1, -0.05) is 0 Å². The summed E-state index contributed by atoms with van der Waals surface area (Å²) >= 11 is 3.32. The second-order valence-corrected chi connectivity index (χ2v) is 6.67. The first kappa shape index (κ1) is 16.9. The van der Waals surface area contributed by atoms with Crippen LogP contribution in [-0.2, 0) is 9.53 Å². The largest absolute Gasteiger partial charge is 0.468 e. The Morgan fingerprint density at radius 3 is 2.71 bits per heavy atom. The number of fused-ring (bicyclic) bond motifs is 1. The van der Waals surface area contributed by atoms with Crippen LogP contribution in [0.5, 0.6) is 0 Å². The number of benzene rings is 1. The number of hydrogen-bond donors (Lipinski definition) is 4. The standard InChI is InChI=1S/C16H18BrFN4O2/c1-24-15(23)16(2-4-20-5-3-16)10(8-19)14-21-12-7-9(18)6-11(17)13(12)22-14/h6-8,19-22H,2-5H2,1H3/b14-10+,19-8?. The number of rotatable bonds is 3. The molecule has 0 spiro atoms. The molecule has 2 aliphatic heterocycles. The maximum absolute atomic E-state index is 13.6. The Kier molecular flexibility index (Phi) is 4.60. The van der Waals surface area contributed by atoms with Gasteiger partial charge in [-0.05, 0) is 54.0 Å². The molecule has 24 heavy (non-hydrogen) atoms. The van der Waals surface area contributed by atoms with E-state index in [9.17, 15) is 9.18 Å². The molecule has 0 amide bonds.